The molecule has 1 unspecified atom stereocenters. The van der Waals surface area contributed by atoms with Crippen LogP contribution in [0.1, 0.15) is 67.3 Å². The van der Waals surface area contributed by atoms with E-state index in [1.807, 2.05) is 17.0 Å². The number of amides is 1. The number of aryl methyl sites for hydroxylation is 1. The first-order valence-corrected chi connectivity index (χ1v) is 14.5. The van der Waals surface area contributed by atoms with E-state index in [9.17, 15) is 9.90 Å². The smallest absolute Gasteiger partial charge is 0.222 e. The summed E-state index contributed by atoms with van der Waals surface area (Å²) >= 11 is 0. The molecule has 0 saturated carbocycles. The SMILES string of the molecule is CC(C)(C)C1CCNc2c(CN3CCN(C(=O)CCc4ccc(O)cc4)CC3)cc(Cc3ccccc3)cc21. The van der Waals surface area contributed by atoms with E-state index >= 15 is 0 Å². The molecule has 1 saturated heterocycles. The second-order valence-corrected chi connectivity index (χ2v) is 12.3. The summed E-state index contributed by atoms with van der Waals surface area (Å²) in [6, 6.07) is 22.8. The minimum absolute atomic E-state index is 0.214. The van der Waals surface area contributed by atoms with Crippen LogP contribution < -0.4 is 5.32 Å². The molecule has 39 heavy (non-hydrogen) atoms. The molecule has 0 aromatic heterocycles. The number of phenols is 1. The molecule has 0 radical (unpaired) electrons. The molecule has 1 atom stereocenters. The molecule has 0 aliphatic carbocycles. The van der Waals surface area contributed by atoms with Gasteiger partial charge in [0.25, 0.3) is 0 Å². The zero-order valence-electron chi connectivity index (χ0n) is 23.7. The van der Waals surface area contributed by atoms with Crippen LogP contribution in [0.2, 0.25) is 0 Å². The summed E-state index contributed by atoms with van der Waals surface area (Å²) in [6.07, 6.45) is 3.33. The van der Waals surface area contributed by atoms with Crippen molar-refractivity contribution in [3.8, 4) is 5.75 Å². The van der Waals surface area contributed by atoms with E-state index in [1.54, 1.807) is 12.1 Å². The third-order valence-corrected chi connectivity index (χ3v) is 8.40. The van der Waals surface area contributed by atoms with Gasteiger partial charge in [-0.15, -0.1) is 0 Å². The number of anilines is 1. The topological polar surface area (TPSA) is 55.8 Å². The minimum atomic E-state index is 0.214. The monoisotopic (exact) mass is 525 g/mol. The summed E-state index contributed by atoms with van der Waals surface area (Å²) < 4.78 is 0. The van der Waals surface area contributed by atoms with E-state index in [0.717, 1.165) is 57.7 Å². The molecule has 1 amide bonds. The van der Waals surface area contributed by atoms with Crippen molar-refractivity contribution in [1.29, 1.82) is 0 Å². The van der Waals surface area contributed by atoms with Crippen molar-refractivity contribution in [3.05, 3.63) is 94.5 Å². The lowest BCUT2D eigenvalue weighted by atomic mass is 9.72. The lowest BCUT2D eigenvalue weighted by molar-refractivity contribution is -0.133. The number of fused-ring (bicyclic) bond motifs is 1. The Morgan fingerprint density at radius 3 is 2.33 bits per heavy atom. The Balaban J connectivity index is 1.27. The number of rotatable bonds is 7. The van der Waals surface area contributed by atoms with Crippen LogP contribution in [-0.4, -0.2) is 53.5 Å². The van der Waals surface area contributed by atoms with Gasteiger partial charge in [-0.05, 0) is 70.5 Å². The maximum absolute atomic E-state index is 12.9. The van der Waals surface area contributed by atoms with Gasteiger partial charge in [0.05, 0.1) is 0 Å². The number of phenolic OH excluding ortho intramolecular Hbond substituents is 1. The normalized spacial score (nSPS) is 17.9. The highest BCUT2D eigenvalue weighted by Crippen LogP contribution is 2.45. The quantitative estimate of drug-likeness (QED) is 0.385. The third-order valence-electron chi connectivity index (χ3n) is 8.40. The van der Waals surface area contributed by atoms with E-state index in [-0.39, 0.29) is 17.1 Å². The van der Waals surface area contributed by atoms with Crippen LogP contribution in [0.4, 0.5) is 5.69 Å². The van der Waals surface area contributed by atoms with Gasteiger partial charge in [0.2, 0.25) is 5.91 Å². The average molecular weight is 526 g/mol. The Morgan fingerprint density at radius 1 is 0.923 bits per heavy atom. The number of hydrogen-bond donors (Lipinski definition) is 2. The Hall–Kier alpha value is -3.31. The van der Waals surface area contributed by atoms with Gasteiger partial charge in [-0.2, -0.15) is 0 Å². The van der Waals surface area contributed by atoms with Crippen LogP contribution in [0.3, 0.4) is 0 Å². The van der Waals surface area contributed by atoms with Crippen LogP contribution in [-0.2, 0) is 24.2 Å². The Morgan fingerprint density at radius 2 is 1.64 bits per heavy atom. The van der Waals surface area contributed by atoms with E-state index in [1.165, 1.54) is 27.9 Å². The van der Waals surface area contributed by atoms with E-state index in [4.69, 9.17) is 0 Å². The molecule has 3 aromatic rings. The minimum Gasteiger partial charge on any atom is -0.508 e. The summed E-state index contributed by atoms with van der Waals surface area (Å²) in [5, 5.41) is 13.2. The molecule has 0 bridgehead atoms. The number of benzene rings is 3. The molecule has 3 aromatic carbocycles. The highest BCUT2D eigenvalue weighted by Gasteiger charge is 2.32. The first kappa shape index (κ1) is 27.3. The maximum Gasteiger partial charge on any atom is 0.222 e. The van der Waals surface area contributed by atoms with Crippen molar-refractivity contribution >= 4 is 11.6 Å². The summed E-state index contributed by atoms with van der Waals surface area (Å²) in [5.74, 6) is 1.02. The first-order valence-electron chi connectivity index (χ1n) is 14.5. The molecule has 5 nitrogen and oxygen atoms in total. The Kier molecular flexibility index (Phi) is 8.27. The second kappa shape index (κ2) is 11.8. The molecule has 5 rings (SSSR count). The van der Waals surface area contributed by atoms with E-state index < -0.39 is 0 Å². The molecule has 2 aliphatic heterocycles. The number of hydrogen-bond acceptors (Lipinski definition) is 4. The standard InChI is InChI=1S/C34H43N3O2/c1-34(2,3)31-15-16-35-33-28(22-27(23-30(31)33)21-26-7-5-4-6-8-26)24-36-17-19-37(20-18-36)32(39)14-11-25-9-12-29(38)13-10-25/h4-10,12-13,22-23,31,35,38H,11,14-21,24H2,1-3H3. The highest BCUT2D eigenvalue weighted by molar-refractivity contribution is 5.76. The fraction of sp³-hybridized carbons (Fsp3) is 0.441. The van der Waals surface area contributed by atoms with Gasteiger partial charge in [-0.3, -0.25) is 9.69 Å². The summed E-state index contributed by atoms with van der Waals surface area (Å²) in [5.41, 5.74) is 8.23. The maximum atomic E-state index is 12.9. The van der Waals surface area contributed by atoms with Crippen LogP contribution in [0.15, 0.2) is 66.7 Å². The Bertz CT molecular complexity index is 1260. The van der Waals surface area contributed by atoms with Crippen molar-refractivity contribution in [2.24, 2.45) is 5.41 Å². The molecule has 5 heteroatoms. The van der Waals surface area contributed by atoms with Gasteiger partial charge < -0.3 is 15.3 Å². The second-order valence-electron chi connectivity index (χ2n) is 12.3. The number of nitrogens with one attached hydrogen (secondary N) is 1. The predicted molar refractivity (Wildman–Crippen MR) is 159 cm³/mol. The summed E-state index contributed by atoms with van der Waals surface area (Å²) in [4.78, 5) is 17.4. The molecule has 1 fully saturated rings. The molecular formula is C34H43N3O2. The van der Waals surface area contributed by atoms with Crippen molar-refractivity contribution < 1.29 is 9.90 Å². The highest BCUT2D eigenvalue weighted by atomic mass is 16.3. The van der Waals surface area contributed by atoms with E-state index in [0.29, 0.717) is 18.8 Å². The summed E-state index contributed by atoms with van der Waals surface area (Å²) in [6.45, 7) is 12.4. The number of carbonyl (C=O) groups excluding carboxylic acids is 1. The van der Waals surface area contributed by atoms with Crippen LogP contribution in [0, 0.1) is 5.41 Å². The van der Waals surface area contributed by atoms with Crippen LogP contribution in [0.5, 0.6) is 5.75 Å². The van der Waals surface area contributed by atoms with Crippen LogP contribution in [0.25, 0.3) is 0 Å². The fourth-order valence-electron chi connectivity index (χ4n) is 6.21. The van der Waals surface area contributed by atoms with Crippen molar-refractivity contribution in [3.63, 3.8) is 0 Å². The zero-order valence-corrected chi connectivity index (χ0v) is 23.7. The average Bonchev–Trinajstić information content (AvgIpc) is 2.93. The van der Waals surface area contributed by atoms with Gasteiger partial charge in [-0.1, -0.05) is 75.4 Å². The number of aromatic hydroxyl groups is 1. The molecule has 2 heterocycles. The molecule has 2 N–H and O–H groups in total. The number of nitrogens with zero attached hydrogens (tertiary/aromatic N) is 2. The molecular weight excluding hydrogens is 482 g/mol. The lowest BCUT2D eigenvalue weighted by Gasteiger charge is -2.39. The number of carbonyl (C=O) groups is 1. The molecule has 0 spiro atoms. The summed E-state index contributed by atoms with van der Waals surface area (Å²) in [7, 11) is 0. The molecule has 206 valence electrons. The van der Waals surface area contributed by atoms with Gasteiger partial charge in [-0.25, -0.2) is 0 Å². The fourth-order valence-corrected chi connectivity index (χ4v) is 6.21. The largest absolute Gasteiger partial charge is 0.508 e. The number of piperazine rings is 1. The first-order chi connectivity index (χ1) is 18.8. The van der Waals surface area contributed by atoms with Crippen LogP contribution >= 0.6 is 0 Å². The van der Waals surface area contributed by atoms with Gasteiger partial charge in [0, 0.05) is 51.4 Å². The van der Waals surface area contributed by atoms with Crippen molar-refractivity contribution in [1.82, 2.24) is 9.80 Å². The van der Waals surface area contributed by atoms with Gasteiger partial charge in [0.1, 0.15) is 5.75 Å². The Labute approximate surface area is 233 Å². The third kappa shape index (κ3) is 6.83. The zero-order chi connectivity index (χ0) is 27.4. The van der Waals surface area contributed by atoms with Crippen molar-refractivity contribution in [2.45, 2.75) is 58.9 Å². The van der Waals surface area contributed by atoms with Gasteiger partial charge in [0.15, 0.2) is 0 Å². The van der Waals surface area contributed by atoms with Crippen molar-refractivity contribution in [2.75, 3.05) is 38.0 Å². The predicted octanol–water partition coefficient (Wildman–Crippen LogP) is 6.21. The van der Waals surface area contributed by atoms with E-state index in [2.05, 4.69) is 73.5 Å². The van der Waals surface area contributed by atoms with Gasteiger partial charge >= 0.3 is 0 Å². The molecule has 2 aliphatic rings. The lowest BCUT2D eigenvalue weighted by Crippen LogP contribution is -2.48.